The molecular formula is C4H7KNO6Sb+2. The fourth-order valence-electron chi connectivity index (χ4n) is 0.258. The molecule has 0 fully saturated rings. The topological polar surface area (TPSA) is 156 Å². The van der Waals surface area contributed by atoms with Crippen LogP contribution in [0.25, 0.3) is 0 Å². The molecule has 2 unspecified atom stereocenters. The van der Waals surface area contributed by atoms with Gasteiger partial charge in [-0.05, 0) is 0 Å². The molecule has 0 heterocycles. The van der Waals surface area contributed by atoms with Crippen molar-refractivity contribution in [1.29, 1.82) is 0 Å². The summed E-state index contributed by atoms with van der Waals surface area (Å²) in [6.07, 6.45) is -4.88. The minimum atomic E-state index is -2.44. The third kappa shape index (κ3) is 9.58. The minimum Gasteiger partial charge on any atom is -0.547 e. The first-order chi connectivity index (χ1) is 4.46. The van der Waals surface area contributed by atoms with E-state index in [1.807, 2.05) is 0 Å². The number of carbonyl (C=O) groups is 2. The van der Waals surface area contributed by atoms with Crippen molar-refractivity contribution in [3.05, 3.63) is 0 Å². The van der Waals surface area contributed by atoms with Crippen molar-refractivity contribution in [2.45, 2.75) is 12.2 Å². The zero-order chi connectivity index (χ0) is 8.31. The summed E-state index contributed by atoms with van der Waals surface area (Å²) in [5, 5.41) is 35.7. The van der Waals surface area contributed by atoms with Crippen molar-refractivity contribution in [3.8, 4) is 0 Å². The van der Waals surface area contributed by atoms with Gasteiger partial charge in [-0.3, -0.25) is 0 Å². The molecule has 2 radical (unpaired) electrons. The van der Waals surface area contributed by atoms with Crippen molar-refractivity contribution >= 4 is 36.4 Å². The Morgan fingerprint density at radius 1 is 1.00 bits per heavy atom. The number of hydrogen-bond donors (Lipinski definition) is 3. The van der Waals surface area contributed by atoms with Gasteiger partial charge in [0.25, 0.3) is 0 Å². The maximum atomic E-state index is 9.63. The van der Waals surface area contributed by atoms with Gasteiger partial charge in [0.05, 0.1) is 11.9 Å². The fraction of sp³-hybridized carbons (Fsp3) is 0.500. The fourth-order valence-corrected chi connectivity index (χ4v) is 0.258. The first-order valence-corrected chi connectivity index (χ1v) is 2.24. The predicted molar refractivity (Wildman–Crippen MR) is 32.8 cm³/mol. The number of aliphatic hydroxyl groups excluding tert-OH is 2. The average molecular weight is 326 g/mol. The van der Waals surface area contributed by atoms with Crippen LogP contribution < -0.4 is 67.7 Å². The molecule has 0 aliphatic heterocycles. The van der Waals surface area contributed by atoms with E-state index in [0.29, 0.717) is 0 Å². The smallest absolute Gasteiger partial charge is 0.547 e. The van der Waals surface area contributed by atoms with E-state index in [9.17, 15) is 19.8 Å². The van der Waals surface area contributed by atoms with Crippen molar-refractivity contribution in [1.82, 2.24) is 6.15 Å². The van der Waals surface area contributed by atoms with E-state index in [0.717, 1.165) is 0 Å². The number of aliphatic carboxylic acids is 2. The number of carboxylic acids is 2. The van der Waals surface area contributed by atoms with Crippen molar-refractivity contribution in [2.24, 2.45) is 0 Å². The number of hydrogen-bond acceptors (Lipinski definition) is 7. The van der Waals surface area contributed by atoms with Gasteiger partial charge in [-0.25, -0.2) is 0 Å². The largest absolute Gasteiger partial charge is 3.00 e. The van der Waals surface area contributed by atoms with E-state index < -0.39 is 24.1 Å². The van der Waals surface area contributed by atoms with E-state index in [1.54, 1.807) is 0 Å². The van der Waals surface area contributed by atoms with E-state index in [2.05, 4.69) is 0 Å². The SMILES string of the molecule is N.O=C([O-])C(O)C(O)C(=O)[O-].[K+].[Sb+3]. The van der Waals surface area contributed by atoms with Crippen LogP contribution in [0.15, 0.2) is 0 Å². The molecule has 2 atom stereocenters. The van der Waals surface area contributed by atoms with Crippen LogP contribution in [0.3, 0.4) is 0 Å². The molecule has 0 aromatic heterocycles. The number of rotatable bonds is 3. The van der Waals surface area contributed by atoms with E-state index >= 15 is 0 Å². The monoisotopic (exact) mass is 325 g/mol. The van der Waals surface area contributed by atoms with Gasteiger partial charge in [-0.15, -0.1) is 0 Å². The van der Waals surface area contributed by atoms with Gasteiger partial charge >= 0.3 is 75.8 Å². The molecule has 0 bridgehead atoms. The average Bonchev–Trinajstić information content (AvgIpc) is 1.84. The van der Waals surface area contributed by atoms with Gasteiger partial charge in [-0.1, -0.05) is 0 Å². The van der Waals surface area contributed by atoms with Crippen molar-refractivity contribution in [3.63, 3.8) is 0 Å². The summed E-state index contributed by atoms with van der Waals surface area (Å²) in [5.74, 6) is -4.12. The van der Waals surface area contributed by atoms with E-state index in [1.165, 1.54) is 0 Å². The second-order valence-corrected chi connectivity index (χ2v) is 1.53. The van der Waals surface area contributed by atoms with Crippen LogP contribution in [0.5, 0.6) is 0 Å². The first kappa shape index (κ1) is 23.8. The summed E-state index contributed by atoms with van der Waals surface area (Å²) in [6.45, 7) is 0. The van der Waals surface area contributed by atoms with Crippen LogP contribution in [0.4, 0.5) is 0 Å². The van der Waals surface area contributed by atoms with Crippen molar-refractivity contribution < 1.29 is 81.4 Å². The molecule has 0 aliphatic carbocycles. The zero-order valence-corrected chi connectivity index (χ0v) is 12.5. The third-order valence-corrected chi connectivity index (χ3v) is 0.782. The van der Waals surface area contributed by atoms with Gasteiger partial charge in [0.2, 0.25) is 0 Å². The third-order valence-electron chi connectivity index (χ3n) is 0.782. The molecular weight excluding hydrogens is 319 g/mol. The second kappa shape index (κ2) is 11.3. The zero-order valence-electron chi connectivity index (χ0n) is 6.84. The molecule has 9 heteroatoms. The van der Waals surface area contributed by atoms with Gasteiger partial charge in [0.1, 0.15) is 12.2 Å². The van der Waals surface area contributed by atoms with Gasteiger partial charge in [0, 0.05) is 0 Å². The van der Waals surface area contributed by atoms with Crippen LogP contribution in [0, 0.1) is 0 Å². The minimum absolute atomic E-state index is 0. The Labute approximate surface area is 134 Å². The van der Waals surface area contributed by atoms with E-state index in [-0.39, 0.29) is 82.0 Å². The summed E-state index contributed by atoms with van der Waals surface area (Å²) >= 11 is 0. The quantitative estimate of drug-likeness (QED) is 0.435. The molecule has 0 saturated heterocycles. The summed E-state index contributed by atoms with van der Waals surface area (Å²) in [4.78, 5) is 19.3. The van der Waals surface area contributed by atoms with Gasteiger partial charge < -0.3 is 36.2 Å². The Kier molecular flexibility index (Phi) is 20.8. The first-order valence-electron chi connectivity index (χ1n) is 2.24. The Morgan fingerprint density at radius 2 is 1.15 bits per heavy atom. The molecule has 0 amide bonds. The molecule has 7 nitrogen and oxygen atoms in total. The van der Waals surface area contributed by atoms with Crippen LogP contribution in [-0.2, 0) is 9.59 Å². The number of carboxylic acid groups (broad SMARTS) is 2. The Bertz CT molecular complexity index is 149. The molecule has 0 saturated carbocycles. The summed E-state index contributed by atoms with van der Waals surface area (Å²) in [5.41, 5.74) is 0. The predicted octanol–water partition coefficient (Wildman–Crippen LogP) is -8.01. The molecule has 5 N–H and O–H groups in total. The standard InChI is InChI=1S/C4H6O6.K.H3N.Sb/c5-1(3(7)8)2(6)4(9)10;;;/h1-2,5-6H,(H,7,8)(H,9,10);;1H3;/q;+1;;+3/p-2. The van der Waals surface area contributed by atoms with Crippen LogP contribution in [-0.4, -0.2) is 58.8 Å². The maximum Gasteiger partial charge on any atom is 3.00 e. The Hall–Kier alpha value is 1.27. The van der Waals surface area contributed by atoms with Crippen molar-refractivity contribution in [2.75, 3.05) is 0 Å². The van der Waals surface area contributed by atoms with Crippen LogP contribution in [0.1, 0.15) is 0 Å². The molecule has 0 rings (SSSR count). The van der Waals surface area contributed by atoms with Crippen LogP contribution in [0.2, 0.25) is 0 Å². The normalized spacial score (nSPS) is 12.2. The molecule has 68 valence electrons. The molecule has 0 spiro atoms. The summed E-state index contributed by atoms with van der Waals surface area (Å²) in [7, 11) is 0. The Balaban J connectivity index is -0.000000135. The van der Waals surface area contributed by atoms with Gasteiger partial charge in [0.15, 0.2) is 0 Å². The molecule has 0 aromatic rings. The second-order valence-electron chi connectivity index (χ2n) is 1.53. The molecule has 13 heavy (non-hydrogen) atoms. The Morgan fingerprint density at radius 3 is 1.23 bits per heavy atom. The van der Waals surface area contributed by atoms with E-state index in [4.69, 9.17) is 10.2 Å². The summed E-state index contributed by atoms with van der Waals surface area (Å²) in [6, 6.07) is 0. The number of aliphatic hydroxyl groups is 2. The van der Waals surface area contributed by atoms with Crippen LogP contribution >= 0.6 is 0 Å². The molecule has 0 aromatic carbocycles. The van der Waals surface area contributed by atoms with Gasteiger partial charge in [-0.2, -0.15) is 0 Å². The summed E-state index contributed by atoms with van der Waals surface area (Å²) < 4.78 is 0. The maximum absolute atomic E-state index is 9.63. The molecule has 0 aliphatic rings. The number of carbonyl (C=O) groups excluding carboxylic acids is 2.